The van der Waals surface area contributed by atoms with Crippen molar-refractivity contribution in [1.82, 2.24) is 0 Å². The highest BCUT2D eigenvalue weighted by Gasteiger charge is 2.15. The van der Waals surface area contributed by atoms with Crippen molar-refractivity contribution >= 4 is 17.8 Å². The van der Waals surface area contributed by atoms with Gasteiger partial charge in [0.25, 0.3) is 0 Å². The minimum atomic E-state index is -0.959. The van der Waals surface area contributed by atoms with Crippen molar-refractivity contribution < 1.29 is 24.2 Å². The summed E-state index contributed by atoms with van der Waals surface area (Å²) in [5, 5.41) is 8.52. The normalized spacial score (nSPS) is 12.3. The second-order valence-electron chi connectivity index (χ2n) is 4.43. The molecule has 0 aliphatic carbocycles. The second kappa shape index (κ2) is 10.3. The third kappa shape index (κ3) is 8.67. The number of carboxylic acid groups (broad SMARTS) is 1. The van der Waals surface area contributed by atoms with Gasteiger partial charge in [0.1, 0.15) is 12.1 Å². The van der Waals surface area contributed by atoms with E-state index in [4.69, 9.17) is 22.3 Å². The Kier molecular flexibility index (Phi) is 9.15. The molecule has 0 fully saturated rings. The molecule has 0 heterocycles. The largest absolute Gasteiger partial charge is 0.480 e. The fraction of sp³-hybridized carbons (Fsp3) is 0.357. The van der Waals surface area contributed by atoms with Crippen molar-refractivity contribution in [3.05, 3.63) is 35.9 Å². The summed E-state index contributed by atoms with van der Waals surface area (Å²) in [6.07, 6.45) is 0.211. The summed E-state index contributed by atoms with van der Waals surface area (Å²) in [5.74, 6) is -2.20. The third-order valence-electron chi connectivity index (χ3n) is 2.54. The smallest absolute Gasteiger partial charge is 0.323 e. The van der Waals surface area contributed by atoms with Crippen molar-refractivity contribution in [2.75, 3.05) is 7.11 Å². The average molecular weight is 311 g/mol. The molecular formula is C14H21N3O5. The highest BCUT2D eigenvalue weighted by Crippen LogP contribution is 2.01. The summed E-state index contributed by atoms with van der Waals surface area (Å²) in [5.41, 5.74) is 16.2. The van der Waals surface area contributed by atoms with Crippen LogP contribution in [0.25, 0.3) is 0 Å². The van der Waals surface area contributed by atoms with Crippen LogP contribution in [0, 0.1) is 0 Å². The number of rotatable bonds is 6. The Hall–Kier alpha value is -2.45. The van der Waals surface area contributed by atoms with E-state index >= 15 is 0 Å². The van der Waals surface area contributed by atoms with Crippen LogP contribution in [0.1, 0.15) is 12.0 Å². The molecule has 1 rings (SSSR count). The molecule has 22 heavy (non-hydrogen) atoms. The lowest BCUT2D eigenvalue weighted by Gasteiger charge is -2.04. The number of carbonyl (C=O) groups is 3. The number of nitrogens with two attached hydrogens (primary N) is 3. The van der Waals surface area contributed by atoms with E-state index in [1.54, 1.807) is 0 Å². The number of hydrogen-bond donors (Lipinski definition) is 4. The van der Waals surface area contributed by atoms with Crippen molar-refractivity contribution in [3.8, 4) is 0 Å². The molecule has 0 saturated carbocycles. The predicted molar refractivity (Wildman–Crippen MR) is 79.6 cm³/mol. The third-order valence-corrected chi connectivity index (χ3v) is 2.54. The Labute approximate surface area is 128 Å². The molecule has 2 atom stereocenters. The van der Waals surface area contributed by atoms with Gasteiger partial charge in [0.15, 0.2) is 0 Å². The number of carbonyl (C=O) groups excluding carboxylic acids is 2. The highest BCUT2D eigenvalue weighted by molar-refractivity contribution is 5.84. The molecule has 0 spiro atoms. The van der Waals surface area contributed by atoms with Crippen LogP contribution in [0.4, 0.5) is 0 Å². The van der Waals surface area contributed by atoms with Gasteiger partial charge < -0.3 is 27.0 Å². The molecule has 0 aliphatic heterocycles. The van der Waals surface area contributed by atoms with E-state index in [2.05, 4.69) is 4.74 Å². The van der Waals surface area contributed by atoms with Crippen LogP contribution in [0.5, 0.6) is 0 Å². The fourth-order valence-corrected chi connectivity index (χ4v) is 1.41. The Morgan fingerprint density at radius 1 is 1.14 bits per heavy atom. The minimum Gasteiger partial charge on any atom is -0.480 e. The van der Waals surface area contributed by atoms with Crippen LogP contribution in [0.2, 0.25) is 0 Å². The number of benzene rings is 1. The van der Waals surface area contributed by atoms with E-state index < -0.39 is 29.9 Å². The number of esters is 1. The van der Waals surface area contributed by atoms with Gasteiger partial charge in [-0.1, -0.05) is 30.3 Å². The molecule has 8 nitrogen and oxygen atoms in total. The van der Waals surface area contributed by atoms with E-state index in [-0.39, 0.29) is 6.42 Å². The summed E-state index contributed by atoms with van der Waals surface area (Å²) in [6.45, 7) is 0. The number of primary amides is 1. The van der Waals surface area contributed by atoms with E-state index in [1.807, 2.05) is 30.3 Å². The van der Waals surface area contributed by atoms with Crippen molar-refractivity contribution in [2.45, 2.75) is 24.9 Å². The Balaban J connectivity index is 0.000000409. The predicted octanol–water partition coefficient (Wildman–Crippen LogP) is -0.997. The van der Waals surface area contributed by atoms with E-state index in [0.717, 1.165) is 5.56 Å². The summed E-state index contributed by atoms with van der Waals surface area (Å²) in [7, 11) is 1.20. The van der Waals surface area contributed by atoms with E-state index in [0.29, 0.717) is 6.42 Å². The van der Waals surface area contributed by atoms with Crippen molar-refractivity contribution in [1.29, 1.82) is 0 Å². The lowest BCUT2D eigenvalue weighted by Crippen LogP contribution is -2.35. The van der Waals surface area contributed by atoms with Gasteiger partial charge in [-0.2, -0.15) is 0 Å². The molecule has 0 aromatic heterocycles. The number of aliphatic carboxylic acids is 1. The van der Waals surface area contributed by atoms with Crippen molar-refractivity contribution in [3.63, 3.8) is 0 Å². The lowest BCUT2D eigenvalue weighted by molar-refractivity contribution is -0.143. The summed E-state index contributed by atoms with van der Waals surface area (Å²) in [6, 6.07) is 7.62. The monoisotopic (exact) mass is 311 g/mol. The maximum absolute atomic E-state index is 10.5. The Morgan fingerprint density at radius 3 is 2.09 bits per heavy atom. The Bertz CT molecular complexity index is 493. The number of methoxy groups -OCH3 is 1. The first kappa shape index (κ1) is 19.6. The van der Waals surface area contributed by atoms with Crippen molar-refractivity contribution in [2.24, 2.45) is 17.2 Å². The van der Waals surface area contributed by atoms with Gasteiger partial charge in [-0.15, -0.1) is 0 Å². The summed E-state index contributed by atoms with van der Waals surface area (Å²) >= 11 is 0. The highest BCUT2D eigenvalue weighted by atomic mass is 16.5. The first-order chi connectivity index (χ1) is 10.3. The maximum Gasteiger partial charge on any atom is 0.323 e. The molecule has 0 unspecified atom stereocenters. The topological polar surface area (TPSA) is 159 Å². The van der Waals surface area contributed by atoms with E-state index in [1.165, 1.54) is 7.11 Å². The molecule has 1 aromatic carbocycles. The first-order valence-corrected chi connectivity index (χ1v) is 6.42. The van der Waals surface area contributed by atoms with Gasteiger partial charge in [0, 0.05) is 0 Å². The van der Waals surface area contributed by atoms with Crippen LogP contribution in [0.15, 0.2) is 30.3 Å². The van der Waals surface area contributed by atoms with Gasteiger partial charge in [-0.3, -0.25) is 14.4 Å². The second-order valence-corrected chi connectivity index (χ2v) is 4.43. The molecule has 0 aliphatic rings. The number of carboxylic acids is 1. The molecule has 122 valence electrons. The molecule has 1 amide bonds. The molecular weight excluding hydrogens is 290 g/mol. The zero-order chi connectivity index (χ0) is 17.1. The van der Waals surface area contributed by atoms with Crippen LogP contribution >= 0.6 is 0 Å². The molecule has 0 saturated heterocycles. The van der Waals surface area contributed by atoms with Crippen LogP contribution in [-0.4, -0.2) is 42.1 Å². The van der Waals surface area contributed by atoms with Crippen LogP contribution in [-0.2, 0) is 25.5 Å². The summed E-state index contributed by atoms with van der Waals surface area (Å²) in [4.78, 5) is 31.0. The minimum absolute atomic E-state index is 0.174. The number of ether oxygens (including phenoxy) is 1. The van der Waals surface area contributed by atoms with E-state index in [9.17, 15) is 14.4 Å². The quantitative estimate of drug-likeness (QED) is 0.490. The first-order valence-electron chi connectivity index (χ1n) is 6.42. The SMILES string of the molecule is COC(=O)[C@@H](N)CC(N)=O.N[C@@H](Cc1ccccc1)C(=O)O. The maximum atomic E-state index is 10.5. The van der Waals surface area contributed by atoms with Crippen LogP contribution < -0.4 is 17.2 Å². The lowest BCUT2D eigenvalue weighted by atomic mass is 10.1. The summed E-state index contributed by atoms with van der Waals surface area (Å²) < 4.78 is 4.24. The van der Waals surface area contributed by atoms with Gasteiger partial charge in [0.2, 0.25) is 5.91 Å². The zero-order valence-electron chi connectivity index (χ0n) is 12.3. The molecule has 8 heteroatoms. The molecule has 7 N–H and O–H groups in total. The van der Waals surface area contributed by atoms with Gasteiger partial charge in [-0.05, 0) is 12.0 Å². The zero-order valence-corrected chi connectivity index (χ0v) is 12.3. The van der Waals surface area contributed by atoms with Gasteiger partial charge >= 0.3 is 11.9 Å². The fourth-order valence-electron chi connectivity index (χ4n) is 1.41. The van der Waals surface area contributed by atoms with Gasteiger partial charge in [0.05, 0.1) is 13.5 Å². The number of hydrogen-bond acceptors (Lipinski definition) is 6. The molecule has 1 aromatic rings. The average Bonchev–Trinajstić information content (AvgIpc) is 2.47. The van der Waals surface area contributed by atoms with Crippen LogP contribution in [0.3, 0.4) is 0 Å². The molecule has 0 radical (unpaired) electrons. The Morgan fingerprint density at radius 2 is 1.68 bits per heavy atom. The molecule has 0 bridgehead atoms. The standard InChI is InChI=1S/C9H11NO2.C5H10N2O3/c10-8(9(11)12)6-7-4-2-1-3-5-7;1-10-5(9)3(6)2-4(7)8/h1-5,8H,6,10H2,(H,11,12);3H,2,6H2,1H3,(H2,7,8)/t8-;3-/m00/s1. The number of amides is 1. The van der Waals surface area contributed by atoms with Gasteiger partial charge in [-0.25, -0.2) is 0 Å².